The van der Waals surface area contributed by atoms with Gasteiger partial charge >= 0.3 is 5.97 Å². The molecule has 1 amide bonds. The maximum Gasteiger partial charge on any atom is 0.305 e. The van der Waals surface area contributed by atoms with Crippen LogP contribution in [0.15, 0.2) is 0 Å². The van der Waals surface area contributed by atoms with Gasteiger partial charge in [-0.05, 0) is 79.4 Å². The van der Waals surface area contributed by atoms with Gasteiger partial charge in [0.25, 0.3) is 0 Å². The first-order valence-corrected chi connectivity index (χ1v) is 12.1. The van der Waals surface area contributed by atoms with Crippen molar-refractivity contribution < 1.29 is 19.1 Å². The topological polar surface area (TPSA) is 72.5 Å². The molecule has 5 heteroatoms. The van der Waals surface area contributed by atoms with E-state index >= 15 is 0 Å². The zero-order valence-electron chi connectivity index (χ0n) is 19.2. The van der Waals surface area contributed by atoms with Crippen LogP contribution in [-0.2, 0) is 19.1 Å². The van der Waals surface area contributed by atoms with Crippen molar-refractivity contribution >= 4 is 17.7 Å². The average molecular weight is 418 g/mol. The van der Waals surface area contributed by atoms with E-state index < -0.39 is 0 Å². The van der Waals surface area contributed by atoms with Gasteiger partial charge in [-0.2, -0.15) is 0 Å². The highest BCUT2D eigenvalue weighted by molar-refractivity contribution is 5.87. The smallest absolute Gasteiger partial charge is 0.305 e. The van der Waals surface area contributed by atoms with Crippen molar-refractivity contribution in [3.05, 3.63) is 0 Å². The Morgan fingerprint density at radius 1 is 1.13 bits per heavy atom. The van der Waals surface area contributed by atoms with E-state index in [1.807, 2.05) is 0 Å². The Kier molecular flexibility index (Phi) is 5.78. The van der Waals surface area contributed by atoms with E-state index in [1.54, 1.807) is 0 Å². The van der Waals surface area contributed by atoms with Gasteiger partial charge in [0.1, 0.15) is 5.78 Å². The summed E-state index contributed by atoms with van der Waals surface area (Å²) < 4.78 is 4.83. The lowest BCUT2D eigenvalue weighted by atomic mass is 9.45. The molecule has 1 heterocycles. The number of carbonyl (C=O) groups is 3. The van der Waals surface area contributed by atoms with Gasteiger partial charge in [-0.15, -0.1) is 0 Å². The second-order valence-electron chi connectivity index (χ2n) is 11.1. The number of carbonyl (C=O) groups excluding carboxylic acids is 3. The molecule has 168 valence electrons. The number of ether oxygens (including phenoxy) is 1. The lowest BCUT2D eigenvalue weighted by Gasteiger charge is -2.58. The monoisotopic (exact) mass is 417 g/mol. The minimum absolute atomic E-state index is 0.0909. The van der Waals surface area contributed by atoms with Crippen LogP contribution >= 0.6 is 0 Å². The van der Waals surface area contributed by atoms with Crippen LogP contribution in [0.2, 0.25) is 0 Å². The fourth-order valence-electron chi connectivity index (χ4n) is 8.32. The Balaban J connectivity index is 1.56. The third kappa shape index (κ3) is 3.31. The van der Waals surface area contributed by atoms with E-state index in [0.29, 0.717) is 60.6 Å². The first kappa shape index (κ1) is 21.8. The largest absolute Gasteiger partial charge is 0.469 e. The van der Waals surface area contributed by atoms with E-state index in [4.69, 9.17) is 4.74 Å². The number of hydrogen-bond acceptors (Lipinski definition) is 4. The first-order valence-electron chi connectivity index (χ1n) is 12.1. The third-order valence-corrected chi connectivity index (χ3v) is 10.1. The molecule has 0 radical (unpaired) electrons. The van der Waals surface area contributed by atoms with Crippen molar-refractivity contribution in [2.45, 2.75) is 78.6 Å². The first-order chi connectivity index (χ1) is 14.2. The molecule has 0 spiro atoms. The second kappa shape index (κ2) is 7.94. The van der Waals surface area contributed by atoms with Crippen LogP contribution in [-0.4, -0.2) is 31.3 Å². The Bertz CT molecular complexity index is 720. The summed E-state index contributed by atoms with van der Waals surface area (Å²) in [5.41, 5.74) is -0.160. The molecule has 30 heavy (non-hydrogen) atoms. The lowest BCUT2D eigenvalue weighted by molar-refractivity contribution is -0.155. The SMILES string of the molecule is COC(=O)CC[C@@H](C)[C@H]1CC[C@H]2[C@@H]3CCC4CC(=O)NCC[C@]4(C)[C@H]3CC(=O)[C@]12C. The second-order valence-corrected chi connectivity index (χ2v) is 11.1. The molecule has 4 fully saturated rings. The highest BCUT2D eigenvalue weighted by Gasteiger charge is 2.63. The molecule has 1 N–H and O–H groups in total. The summed E-state index contributed by atoms with van der Waals surface area (Å²) >= 11 is 0. The molecular formula is C25H39NO4. The molecule has 0 bridgehead atoms. The molecule has 1 aliphatic heterocycles. The summed E-state index contributed by atoms with van der Waals surface area (Å²) in [4.78, 5) is 37.6. The summed E-state index contributed by atoms with van der Waals surface area (Å²) in [6, 6.07) is 0. The van der Waals surface area contributed by atoms with Gasteiger partial charge in [0, 0.05) is 31.2 Å². The van der Waals surface area contributed by atoms with Crippen LogP contribution in [0.1, 0.15) is 78.6 Å². The molecular weight excluding hydrogens is 378 g/mol. The lowest BCUT2D eigenvalue weighted by Crippen LogP contribution is -2.56. The van der Waals surface area contributed by atoms with Crippen LogP contribution in [0.25, 0.3) is 0 Å². The highest BCUT2D eigenvalue weighted by Crippen LogP contribution is 2.66. The number of methoxy groups -OCH3 is 1. The van der Waals surface area contributed by atoms with Gasteiger partial charge in [-0.1, -0.05) is 20.8 Å². The normalized spacial score (nSPS) is 44.2. The van der Waals surface area contributed by atoms with Crippen molar-refractivity contribution in [3.8, 4) is 0 Å². The summed E-state index contributed by atoms with van der Waals surface area (Å²) in [6.07, 6.45) is 8.06. The molecule has 0 aromatic heterocycles. The zero-order chi connectivity index (χ0) is 21.7. The van der Waals surface area contributed by atoms with E-state index in [2.05, 4.69) is 26.1 Å². The summed E-state index contributed by atoms with van der Waals surface area (Å²) in [6.45, 7) is 7.59. The van der Waals surface area contributed by atoms with Gasteiger partial charge in [0.2, 0.25) is 5.91 Å². The van der Waals surface area contributed by atoms with E-state index in [1.165, 1.54) is 7.11 Å². The number of esters is 1. The Labute approximate surface area is 181 Å². The number of ketones is 1. The van der Waals surface area contributed by atoms with Crippen molar-refractivity contribution in [1.29, 1.82) is 0 Å². The van der Waals surface area contributed by atoms with Crippen LogP contribution in [0.4, 0.5) is 0 Å². The van der Waals surface area contributed by atoms with Gasteiger partial charge < -0.3 is 10.1 Å². The van der Waals surface area contributed by atoms with Crippen LogP contribution in [0, 0.1) is 46.3 Å². The maximum absolute atomic E-state index is 13.8. The van der Waals surface area contributed by atoms with Crippen LogP contribution in [0.3, 0.4) is 0 Å². The number of hydrogen-bond donors (Lipinski definition) is 1. The van der Waals surface area contributed by atoms with Crippen LogP contribution < -0.4 is 5.32 Å². The molecule has 3 aliphatic carbocycles. The zero-order valence-corrected chi connectivity index (χ0v) is 19.2. The van der Waals surface area contributed by atoms with Crippen molar-refractivity contribution in [2.24, 2.45) is 46.3 Å². The minimum Gasteiger partial charge on any atom is -0.469 e. The standard InChI is InChI=1S/C25H39NO4/c1-15(5-10-23(29)30-4)18-8-9-19-17-7-6-16-13-22(28)26-12-11-24(16,2)20(17)14-21(27)25(18,19)3/h15-20H,5-14H2,1-4H3,(H,26,28)/t15-,16?,17+,18-,19+,20+,24+,25-/m1/s1. The molecule has 0 aromatic rings. The molecule has 0 aromatic carbocycles. The third-order valence-electron chi connectivity index (χ3n) is 10.1. The predicted octanol–water partition coefficient (Wildman–Crippen LogP) is 4.14. The van der Waals surface area contributed by atoms with E-state index in [-0.39, 0.29) is 22.7 Å². The molecule has 4 aliphatic rings. The van der Waals surface area contributed by atoms with Crippen molar-refractivity contribution in [1.82, 2.24) is 5.32 Å². The van der Waals surface area contributed by atoms with E-state index in [0.717, 1.165) is 45.1 Å². The van der Waals surface area contributed by atoms with Gasteiger partial charge in [-0.25, -0.2) is 0 Å². The quantitative estimate of drug-likeness (QED) is 0.698. The number of fused-ring (bicyclic) bond motifs is 5. The van der Waals surface area contributed by atoms with Crippen molar-refractivity contribution in [2.75, 3.05) is 13.7 Å². The molecule has 4 rings (SSSR count). The van der Waals surface area contributed by atoms with Gasteiger partial charge in [0.15, 0.2) is 0 Å². The number of Topliss-reactive ketones (excluding diaryl/α,β-unsaturated/α-hetero) is 1. The highest BCUT2D eigenvalue weighted by atomic mass is 16.5. The number of rotatable bonds is 4. The van der Waals surface area contributed by atoms with Crippen molar-refractivity contribution in [3.63, 3.8) is 0 Å². The Morgan fingerprint density at radius 3 is 2.63 bits per heavy atom. The molecule has 1 unspecified atom stereocenters. The Hall–Kier alpha value is -1.39. The van der Waals surface area contributed by atoms with E-state index in [9.17, 15) is 14.4 Å². The summed E-state index contributed by atoms with van der Waals surface area (Å²) in [7, 11) is 1.44. The fourth-order valence-corrected chi connectivity index (χ4v) is 8.32. The summed E-state index contributed by atoms with van der Waals surface area (Å²) in [5.74, 6) is 3.09. The molecule has 8 atom stereocenters. The van der Waals surface area contributed by atoms with Crippen LogP contribution in [0.5, 0.6) is 0 Å². The fraction of sp³-hybridized carbons (Fsp3) is 0.880. The predicted molar refractivity (Wildman–Crippen MR) is 114 cm³/mol. The van der Waals surface area contributed by atoms with Gasteiger partial charge in [-0.3, -0.25) is 14.4 Å². The Morgan fingerprint density at radius 2 is 1.90 bits per heavy atom. The van der Waals surface area contributed by atoms with Gasteiger partial charge in [0.05, 0.1) is 7.11 Å². The maximum atomic E-state index is 13.8. The minimum atomic E-state index is -0.251. The number of amides is 1. The molecule has 3 saturated carbocycles. The average Bonchev–Trinajstić information content (AvgIpc) is 2.99. The number of nitrogens with one attached hydrogen (secondary N) is 1. The molecule has 1 saturated heterocycles. The summed E-state index contributed by atoms with van der Waals surface area (Å²) in [5, 5.41) is 3.07. The molecule has 5 nitrogen and oxygen atoms in total.